The predicted octanol–water partition coefficient (Wildman–Crippen LogP) is 3.27. The lowest BCUT2D eigenvalue weighted by Gasteiger charge is -2.16. The molecule has 0 aliphatic rings. The molecule has 1 heterocycles. The van der Waals surface area contributed by atoms with Crippen LogP contribution in [0.5, 0.6) is 0 Å². The van der Waals surface area contributed by atoms with Crippen LogP contribution in [0, 0.1) is 6.92 Å². The van der Waals surface area contributed by atoms with E-state index in [2.05, 4.69) is 26.2 Å². The van der Waals surface area contributed by atoms with Crippen LogP contribution in [0.15, 0.2) is 47.2 Å². The fraction of sp³-hybridized carbons (Fsp3) is 0.294. The number of hydrogen-bond acceptors (Lipinski definition) is 3. The van der Waals surface area contributed by atoms with Crippen molar-refractivity contribution in [1.82, 2.24) is 9.88 Å². The molecule has 2 aromatic rings. The van der Waals surface area contributed by atoms with Crippen molar-refractivity contribution in [1.29, 1.82) is 0 Å². The van der Waals surface area contributed by atoms with Gasteiger partial charge in [0.15, 0.2) is 0 Å². The smallest absolute Gasteiger partial charge is 0.238 e. The number of amides is 1. The average Bonchev–Trinajstić information content (AvgIpc) is 2.50. The molecule has 0 radical (unpaired) electrons. The number of anilines is 1. The van der Waals surface area contributed by atoms with Gasteiger partial charge < -0.3 is 5.32 Å². The van der Waals surface area contributed by atoms with Crippen LogP contribution in [0.4, 0.5) is 5.69 Å². The number of likely N-dealkylation sites (N-methyl/N-ethyl adjacent to an activating group) is 1. The second-order valence-corrected chi connectivity index (χ2v) is 6.21. The van der Waals surface area contributed by atoms with Gasteiger partial charge in [0.1, 0.15) is 0 Å². The summed E-state index contributed by atoms with van der Waals surface area (Å²) in [4.78, 5) is 18.1. The van der Waals surface area contributed by atoms with Crippen LogP contribution in [-0.4, -0.2) is 35.9 Å². The highest BCUT2D eigenvalue weighted by atomic mass is 79.9. The summed E-state index contributed by atoms with van der Waals surface area (Å²) in [6.45, 7) is 3.22. The molecule has 0 aliphatic heterocycles. The van der Waals surface area contributed by atoms with Gasteiger partial charge in [-0.3, -0.25) is 14.7 Å². The monoisotopic (exact) mass is 361 g/mol. The largest absolute Gasteiger partial charge is 0.325 e. The van der Waals surface area contributed by atoms with Gasteiger partial charge in [-0.25, -0.2) is 0 Å². The SMILES string of the molecule is Cc1ccc(NC(=O)CN(C)CCc2ccncc2)cc1Br. The van der Waals surface area contributed by atoms with Gasteiger partial charge in [0, 0.05) is 29.1 Å². The van der Waals surface area contributed by atoms with E-state index in [1.54, 1.807) is 12.4 Å². The first-order valence-electron chi connectivity index (χ1n) is 7.18. The van der Waals surface area contributed by atoms with Gasteiger partial charge in [-0.1, -0.05) is 22.0 Å². The number of benzene rings is 1. The maximum Gasteiger partial charge on any atom is 0.238 e. The number of aromatic nitrogens is 1. The first kappa shape index (κ1) is 16.6. The maximum absolute atomic E-state index is 12.1. The van der Waals surface area contributed by atoms with Crippen molar-refractivity contribution >= 4 is 27.5 Å². The Hall–Kier alpha value is -1.72. The van der Waals surface area contributed by atoms with E-state index in [0.29, 0.717) is 6.54 Å². The summed E-state index contributed by atoms with van der Waals surface area (Å²) in [5, 5.41) is 2.92. The van der Waals surface area contributed by atoms with Gasteiger partial charge in [0.2, 0.25) is 5.91 Å². The zero-order valence-corrected chi connectivity index (χ0v) is 14.4. The minimum atomic E-state index is -0.00650. The van der Waals surface area contributed by atoms with Crippen LogP contribution >= 0.6 is 15.9 Å². The fourth-order valence-electron chi connectivity index (χ4n) is 2.06. The number of hydrogen-bond donors (Lipinski definition) is 1. The van der Waals surface area contributed by atoms with E-state index < -0.39 is 0 Å². The molecule has 0 saturated carbocycles. The highest BCUT2D eigenvalue weighted by molar-refractivity contribution is 9.10. The third kappa shape index (κ3) is 5.24. The molecule has 0 fully saturated rings. The number of pyridine rings is 1. The van der Waals surface area contributed by atoms with Crippen molar-refractivity contribution in [3.8, 4) is 0 Å². The Balaban J connectivity index is 1.79. The van der Waals surface area contributed by atoms with E-state index >= 15 is 0 Å². The summed E-state index contributed by atoms with van der Waals surface area (Å²) in [5.74, 6) is -0.00650. The molecule has 0 aliphatic carbocycles. The third-order valence-electron chi connectivity index (χ3n) is 3.40. The van der Waals surface area contributed by atoms with Crippen molar-refractivity contribution in [3.05, 3.63) is 58.3 Å². The van der Waals surface area contributed by atoms with Gasteiger partial charge in [-0.05, 0) is 55.8 Å². The van der Waals surface area contributed by atoms with E-state index in [1.807, 2.05) is 49.2 Å². The number of nitrogens with zero attached hydrogens (tertiary/aromatic N) is 2. The van der Waals surface area contributed by atoms with Gasteiger partial charge in [-0.2, -0.15) is 0 Å². The molecule has 1 aromatic carbocycles. The number of carbonyl (C=O) groups excluding carboxylic acids is 1. The Kier molecular flexibility index (Phi) is 6.10. The number of rotatable bonds is 6. The van der Waals surface area contributed by atoms with Crippen LogP contribution in [-0.2, 0) is 11.2 Å². The summed E-state index contributed by atoms with van der Waals surface area (Å²) in [5.41, 5.74) is 3.18. The van der Waals surface area contributed by atoms with Crippen molar-refractivity contribution < 1.29 is 4.79 Å². The summed E-state index contributed by atoms with van der Waals surface area (Å²) in [6, 6.07) is 9.81. The van der Waals surface area contributed by atoms with Crippen LogP contribution < -0.4 is 5.32 Å². The molecule has 1 N–H and O–H groups in total. The second-order valence-electron chi connectivity index (χ2n) is 5.36. The molecular weight excluding hydrogens is 342 g/mol. The fourth-order valence-corrected chi connectivity index (χ4v) is 2.44. The lowest BCUT2D eigenvalue weighted by molar-refractivity contribution is -0.117. The molecule has 0 saturated heterocycles. The molecule has 1 aromatic heterocycles. The average molecular weight is 362 g/mol. The Morgan fingerprint density at radius 2 is 2.00 bits per heavy atom. The molecule has 2 rings (SSSR count). The van der Waals surface area contributed by atoms with E-state index in [0.717, 1.165) is 28.7 Å². The zero-order valence-electron chi connectivity index (χ0n) is 12.8. The predicted molar refractivity (Wildman–Crippen MR) is 92.9 cm³/mol. The molecule has 0 bridgehead atoms. The Morgan fingerprint density at radius 3 is 2.68 bits per heavy atom. The van der Waals surface area contributed by atoms with Crippen molar-refractivity contribution in [2.75, 3.05) is 25.5 Å². The lowest BCUT2D eigenvalue weighted by atomic mass is 10.2. The molecule has 0 unspecified atom stereocenters. The Bertz CT molecular complexity index is 631. The maximum atomic E-state index is 12.1. The first-order valence-corrected chi connectivity index (χ1v) is 7.97. The summed E-state index contributed by atoms with van der Waals surface area (Å²) < 4.78 is 0.997. The normalized spacial score (nSPS) is 10.7. The molecule has 0 atom stereocenters. The minimum Gasteiger partial charge on any atom is -0.325 e. The second kappa shape index (κ2) is 8.06. The topological polar surface area (TPSA) is 45.2 Å². The van der Waals surface area contributed by atoms with Gasteiger partial charge in [-0.15, -0.1) is 0 Å². The quantitative estimate of drug-likeness (QED) is 0.858. The standard InChI is InChI=1S/C17H20BrN3O/c1-13-3-4-15(11-16(13)18)20-17(22)12-21(2)10-7-14-5-8-19-9-6-14/h3-6,8-9,11H,7,10,12H2,1-2H3,(H,20,22). The van der Waals surface area contributed by atoms with Crippen molar-refractivity contribution in [2.24, 2.45) is 0 Å². The summed E-state index contributed by atoms with van der Waals surface area (Å²) >= 11 is 3.47. The third-order valence-corrected chi connectivity index (χ3v) is 4.26. The molecule has 116 valence electrons. The molecule has 0 spiro atoms. The van der Waals surface area contributed by atoms with Gasteiger partial charge in [0.05, 0.1) is 6.54 Å². The number of nitrogens with one attached hydrogen (secondary N) is 1. The molecule has 22 heavy (non-hydrogen) atoms. The minimum absolute atomic E-state index is 0.00650. The van der Waals surface area contributed by atoms with Gasteiger partial charge >= 0.3 is 0 Å². The van der Waals surface area contributed by atoms with Crippen LogP contribution in [0.25, 0.3) is 0 Å². The lowest BCUT2D eigenvalue weighted by Crippen LogP contribution is -2.31. The van der Waals surface area contributed by atoms with Crippen molar-refractivity contribution in [3.63, 3.8) is 0 Å². The zero-order chi connectivity index (χ0) is 15.9. The summed E-state index contributed by atoms with van der Waals surface area (Å²) in [6.07, 6.45) is 4.48. The van der Waals surface area contributed by atoms with E-state index in [-0.39, 0.29) is 5.91 Å². The van der Waals surface area contributed by atoms with E-state index in [9.17, 15) is 4.79 Å². The Labute approximate surface area is 139 Å². The number of carbonyl (C=O) groups is 1. The highest BCUT2D eigenvalue weighted by Gasteiger charge is 2.08. The van der Waals surface area contributed by atoms with Gasteiger partial charge in [0.25, 0.3) is 0 Å². The van der Waals surface area contributed by atoms with Crippen LogP contribution in [0.2, 0.25) is 0 Å². The molecule has 5 heteroatoms. The van der Waals surface area contributed by atoms with Crippen LogP contribution in [0.1, 0.15) is 11.1 Å². The molecule has 1 amide bonds. The first-order chi connectivity index (χ1) is 10.5. The number of halogens is 1. The Morgan fingerprint density at radius 1 is 1.27 bits per heavy atom. The van der Waals surface area contributed by atoms with Crippen LogP contribution in [0.3, 0.4) is 0 Å². The van der Waals surface area contributed by atoms with E-state index in [4.69, 9.17) is 0 Å². The molecule has 4 nitrogen and oxygen atoms in total. The highest BCUT2D eigenvalue weighted by Crippen LogP contribution is 2.20. The van der Waals surface area contributed by atoms with E-state index in [1.165, 1.54) is 5.56 Å². The molecular formula is C17H20BrN3O. The summed E-state index contributed by atoms with van der Waals surface area (Å²) in [7, 11) is 1.95. The van der Waals surface area contributed by atoms with Crippen molar-refractivity contribution in [2.45, 2.75) is 13.3 Å². The number of aryl methyl sites for hydroxylation is 1.